The van der Waals surface area contributed by atoms with Crippen LogP contribution < -0.4 is 10.9 Å². The van der Waals surface area contributed by atoms with E-state index in [-0.39, 0.29) is 6.73 Å². The predicted octanol–water partition coefficient (Wildman–Crippen LogP) is 0.0581. The number of hydrogen-bond acceptors (Lipinski definition) is 4. The Labute approximate surface area is 85.0 Å². The molecule has 0 aromatic heterocycles. The van der Waals surface area contributed by atoms with E-state index in [9.17, 15) is 0 Å². The highest BCUT2D eigenvalue weighted by atomic mass is 28.4. The van der Waals surface area contributed by atoms with Gasteiger partial charge in [0.2, 0.25) is 0 Å². The molecule has 78 valence electrons. The van der Waals surface area contributed by atoms with Crippen LogP contribution in [0.25, 0.3) is 0 Å². The first-order valence-electron chi connectivity index (χ1n) is 4.29. The largest absolute Gasteiger partial charge is 0.537 e. The van der Waals surface area contributed by atoms with E-state index in [0.29, 0.717) is 0 Å². The number of rotatable bonds is 5. The Balaban J connectivity index is 2.98. The zero-order valence-corrected chi connectivity index (χ0v) is 9.40. The molecule has 0 saturated heterocycles. The number of nitrogens with two attached hydrogens (primary N) is 1. The quantitative estimate of drug-likeness (QED) is 0.555. The molecule has 0 saturated carbocycles. The molecule has 0 unspecified atom stereocenters. The van der Waals surface area contributed by atoms with Crippen LogP contribution in [-0.2, 0) is 13.3 Å². The lowest BCUT2D eigenvalue weighted by atomic mass is 10.4. The molecule has 14 heavy (non-hydrogen) atoms. The van der Waals surface area contributed by atoms with Crippen molar-refractivity contribution >= 4 is 14.0 Å². The van der Waals surface area contributed by atoms with Gasteiger partial charge in [-0.3, -0.25) is 0 Å². The van der Waals surface area contributed by atoms with Crippen LogP contribution in [-0.4, -0.2) is 29.8 Å². The minimum absolute atomic E-state index is 0.0861. The summed E-state index contributed by atoms with van der Waals surface area (Å²) in [5, 5.41) is 0.912. The third-order valence-corrected chi connectivity index (χ3v) is 4.60. The Morgan fingerprint density at radius 2 is 1.71 bits per heavy atom. The van der Waals surface area contributed by atoms with Crippen LogP contribution in [0, 0.1) is 0 Å². The van der Waals surface area contributed by atoms with Crippen molar-refractivity contribution in [1.29, 1.82) is 0 Å². The summed E-state index contributed by atoms with van der Waals surface area (Å²) in [4.78, 5) is 0. The Morgan fingerprint density at radius 1 is 1.14 bits per heavy atom. The topological polar surface area (TPSA) is 53.7 Å². The monoisotopic (exact) mass is 213 g/mol. The molecule has 0 aliphatic heterocycles. The molecule has 0 spiro atoms. The highest BCUT2D eigenvalue weighted by Crippen LogP contribution is 2.06. The second kappa shape index (κ2) is 5.23. The average Bonchev–Trinajstić information content (AvgIpc) is 2.27. The van der Waals surface area contributed by atoms with E-state index in [0.717, 1.165) is 5.19 Å². The van der Waals surface area contributed by atoms with Crippen LogP contribution in [0.1, 0.15) is 0 Å². The minimum Gasteiger partial charge on any atom is -0.373 e. The number of hydrogen-bond donors (Lipinski definition) is 1. The molecule has 0 aliphatic carbocycles. The fourth-order valence-corrected chi connectivity index (χ4v) is 3.13. The third kappa shape index (κ3) is 2.20. The molecule has 4 nitrogen and oxygen atoms in total. The molecule has 0 amide bonds. The van der Waals surface area contributed by atoms with E-state index in [1.165, 1.54) is 0 Å². The van der Waals surface area contributed by atoms with Gasteiger partial charge in [-0.1, -0.05) is 30.3 Å². The first-order valence-corrected chi connectivity index (χ1v) is 6.01. The van der Waals surface area contributed by atoms with Crippen LogP contribution in [0.4, 0.5) is 0 Å². The molecule has 2 N–H and O–H groups in total. The molecule has 0 radical (unpaired) electrons. The molecule has 1 aromatic carbocycles. The van der Waals surface area contributed by atoms with Crippen molar-refractivity contribution < 1.29 is 13.3 Å². The van der Waals surface area contributed by atoms with Gasteiger partial charge in [0.15, 0.2) is 0 Å². The van der Waals surface area contributed by atoms with Gasteiger partial charge in [-0.25, -0.2) is 0 Å². The zero-order valence-electron chi connectivity index (χ0n) is 8.40. The van der Waals surface area contributed by atoms with Crippen molar-refractivity contribution in [3.63, 3.8) is 0 Å². The van der Waals surface area contributed by atoms with Crippen molar-refractivity contribution in [2.75, 3.05) is 21.0 Å². The smallest absolute Gasteiger partial charge is 0.373 e. The summed E-state index contributed by atoms with van der Waals surface area (Å²) in [7, 11) is 0.391. The summed E-state index contributed by atoms with van der Waals surface area (Å²) < 4.78 is 16.0. The van der Waals surface area contributed by atoms with E-state index in [1.54, 1.807) is 14.2 Å². The number of benzene rings is 1. The van der Waals surface area contributed by atoms with Crippen LogP contribution in [0.3, 0.4) is 0 Å². The maximum atomic E-state index is 5.39. The molecule has 1 rings (SSSR count). The molecule has 0 atom stereocenters. The standard InChI is InChI=1S/C9H15NO3Si/c1-11-14(12-2,13-8-10)9-6-4-3-5-7-9/h3-7H,8,10H2,1-2H3. The van der Waals surface area contributed by atoms with Crippen molar-refractivity contribution in [2.24, 2.45) is 5.73 Å². The van der Waals surface area contributed by atoms with Gasteiger partial charge in [-0.2, -0.15) is 0 Å². The first kappa shape index (κ1) is 11.4. The summed E-state index contributed by atoms with van der Waals surface area (Å²) in [6.07, 6.45) is 0. The summed E-state index contributed by atoms with van der Waals surface area (Å²) in [5.74, 6) is 0. The van der Waals surface area contributed by atoms with Gasteiger partial charge in [-0.05, 0) is 0 Å². The molecule has 0 bridgehead atoms. The Morgan fingerprint density at radius 3 is 2.14 bits per heavy atom. The van der Waals surface area contributed by atoms with E-state index in [2.05, 4.69) is 0 Å². The maximum Gasteiger partial charge on any atom is 0.537 e. The Bertz CT molecular complexity index is 264. The predicted molar refractivity (Wildman–Crippen MR) is 56.0 cm³/mol. The first-order chi connectivity index (χ1) is 6.79. The Hall–Kier alpha value is -0.723. The third-order valence-electron chi connectivity index (χ3n) is 1.94. The average molecular weight is 213 g/mol. The van der Waals surface area contributed by atoms with Gasteiger partial charge >= 0.3 is 8.80 Å². The molecule has 5 heteroatoms. The van der Waals surface area contributed by atoms with Gasteiger partial charge in [0.05, 0.1) is 6.73 Å². The van der Waals surface area contributed by atoms with Crippen LogP contribution in [0.15, 0.2) is 30.3 Å². The van der Waals surface area contributed by atoms with E-state index in [1.807, 2.05) is 30.3 Å². The van der Waals surface area contributed by atoms with Crippen LogP contribution >= 0.6 is 0 Å². The zero-order chi connectivity index (χ0) is 10.4. The minimum atomic E-state index is -2.74. The molecule has 0 heterocycles. The lowest BCUT2D eigenvalue weighted by molar-refractivity contribution is 0.117. The Kier molecular flexibility index (Phi) is 4.24. The van der Waals surface area contributed by atoms with Crippen molar-refractivity contribution in [2.45, 2.75) is 0 Å². The molecular weight excluding hydrogens is 198 g/mol. The summed E-state index contributed by atoms with van der Waals surface area (Å²) in [5.41, 5.74) is 5.36. The highest BCUT2D eigenvalue weighted by Gasteiger charge is 2.41. The molecule has 0 fully saturated rings. The van der Waals surface area contributed by atoms with Crippen LogP contribution in [0.2, 0.25) is 0 Å². The van der Waals surface area contributed by atoms with Gasteiger partial charge in [0.1, 0.15) is 0 Å². The summed E-state index contributed by atoms with van der Waals surface area (Å²) in [6.45, 7) is 0.0861. The van der Waals surface area contributed by atoms with E-state index < -0.39 is 8.80 Å². The SMILES string of the molecule is CO[Si](OC)(OCN)c1ccccc1. The van der Waals surface area contributed by atoms with E-state index in [4.69, 9.17) is 19.0 Å². The van der Waals surface area contributed by atoms with Gasteiger partial charge in [0.25, 0.3) is 0 Å². The molecule has 1 aromatic rings. The van der Waals surface area contributed by atoms with Gasteiger partial charge < -0.3 is 19.0 Å². The summed E-state index contributed by atoms with van der Waals surface area (Å²) in [6, 6.07) is 9.57. The summed E-state index contributed by atoms with van der Waals surface area (Å²) >= 11 is 0. The van der Waals surface area contributed by atoms with Crippen molar-refractivity contribution in [1.82, 2.24) is 0 Å². The van der Waals surface area contributed by atoms with Crippen molar-refractivity contribution in [3.05, 3.63) is 30.3 Å². The second-order valence-corrected chi connectivity index (χ2v) is 5.44. The van der Waals surface area contributed by atoms with Crippen molar-refractivity contribution in [3.8, 4) is 0 Å². The van der Waals surface area contributed by atoms with Gasteiger partial charge in [0, 0.05) is 19.4 Å². The normalized spacial score (nSPS) is 11.6. The van der Waals surface area contributed by atoms with E-state index >= 15 is 0 Å². The lowest BCUT2D eigenvalue weighted by Gasteiger charge is -2.25. The lowest BCUT2D eigenvalue weighted by Crippen LogP contribution is -2.56. The maximum absolute atomic E-state index is 5.39. The molecule has 0 aliphatic rings. The fourth-order valence-electron chi connectivity index (χ4n) is 1.27. The van der Waals surface area contributed by atoms with Gasteiger partial charge in [-0.15, -0.1) is 0 Å². The second-order valence-electron chi connectivity index (χ2n) is 2.64. The highest BCUT2D eigenvalue weighted by molar-refractivity contribution is 6.75. The van der Waals surface area contributed by atoms with Crippen LogP contribution in [0.5, 0.6) is 0 Å². The fraction of sp³-hybridized carbons (Fsp3) is 0.333. The molecular formula is C9H15NO3Si.